The van der Waals surface area contributed by atoms with Crippen LogP contribution in [0.2, 0.25) is 5.02 Å². The van der Waals surface area contributed by atoms with Gasteiger partial charge in [-0.1, -0.05) is 25.4 Å². The number of esters is 1. The topological polar surface area (TPSA) is 72.5 Å². The molecule has 1 unspecified atom stereocenters. The number of hydrogen-bond acceptors (Lipinski definition) is 4. The number of carbonyl (C=O) groups excluding carboxylic acids is 1. The predicted octanol–water partition coefficient (Wildman–Crippen LogP) is 2.35. The number of nitrogens with one attached hydrogen (secondary N) is 1. The normalized spacial score (nSPS) is 13.2. The molecule has 0 radical (unpaired) electrons. The molecule has 0 spiro atoms. The fourth-order valence-corrected chi connectivity index (χ4v) is 3.17. The molecule has 0 saturated heterocycles. The molecule has 0 amide bonds. The Labute approximate surface area is 128 Å². The molecule has 1 aromatic rings. The Balaban J connectivity index is 3.08. The van der Waals surface area contributed by atoms with E-state index in [-0.39, 0.29) is 17.4 Å². The average Bonchev–Trinajstić information content (AvgIpc) is 2.35. The summed E-state index contributed by atoms with van der Waals surface area (Å²) in [4.78, 5) is 11.1. The molecule has 5 nitrogen and oxygen atoms in total. The van der Waals surface area contributed by atoms with Crippen molar-refractivity contribution in [1.29, 1.82) is 0 Å². The Bertz CT molecular complexity index is 619. The van der Waals surface area contributed by atoms with E-state index in [2.05, 4.69) is 9.46 Å². The van der Waals surface area contributed by atoms with Crippen molar-refractivity contribution < 1.29 is 22.3 Å². The number of hydrogen-bond donors (Lipinski definition) is 1. The van der Waals surface area contributed by atoms with Gasteiger partial charge in [0.05, 0.1) is 7.11 Å². The van der Waals surface area contributed by atoms with Crippen LogP contribution >= 0.6 is 11.6 Å². The fraction of sp³-hybridized carbons (Fsp3) is 0.462. The maximum absolute atomic E-state index is 13.7. The van der Waals surface area contributed by atoms with E-state index in [1.807, 2.05) is 13.8 Å². The molecule has 0 fully saturated rings. The van der Waals surface area contributed by atoms with Gasteiger partial charge in [-0.15, -0.1) is 0 Å². The molecule has 1 aromatic carbocycles. The third-order valence-corrected chi connectivity index (χ3v) is 4.41. The SMILES string of the molecule is COC(=O)C(CC(C)C)NS(=O)(=O)c1ccc(Cl)cc1F. The lowest BCUT2D eigenvalue weighted by atomic mass is 10.1. The number of benzene rings is 1. The molecule has 1 atom stereocenters. The van der Waals surface area contributed by atoms with Crippen molar-refractivity contribution in [3.05, 3.63) is 29.0 Å². The van der Waals surface area contributed by atoms with Crippen molar-refractivity contribution in [3.63, 3.8) is 0 Å². The summed E-state index contributed by atoms with van der Waals surface area (Å²) >= 11 is 5.59. The summed E-state index contributed by atoms with van der Waals surface area (Å²) in [5.41, 5.74) is 0. The number of carbonyl (C=O) groups is 1. The van der Waals surface area contributed by atoms with Gasteiger partial charge >= 0.3 is 5.97 Å². The second kappa shape index (κ2) is 7.20. The number of sulfonamides is 1. The predicted molar refractivity (Wildman–Crippen MR) is 77.0 cm³/mol. The highest BCUT2D eigenvalue weighted by Crippen LogP contribution is 2.20. The van der Waals surface area contributed by atoms with E-state index in [4.69, 9.17) is 11.6 Å². The van der Waals surface area contributed by atoms with E-state index < -0.39 is 32.7 Å². The first-order chi connectivity index (χ1) is 9.67. The van der Waals surface area contributed by atoms with Crippen LogP contribution in [-0.2, 0) is 19.6 Å². The summed E-state index contributed by atoms with van der Waals surface area (Å²) in [7, 11) is -3.03. The number of ether oxygens (including phenoxy) is 1. The van der Waals surface area contributed by atoms with Crippen LogP contribution in [0.1, 0.15) is 20.3 Å². The van der Waals surface area contributed by atoms with Gasteiger partial charge in [0.2, 0.25) is 10.0 Å². The zero-order chi connectivity index (χ0) is 16.2. The molecule has 0 bridgehead atoms. The number of rotatable bonds is 6. The fourth-order valence-electron chi connectivity index (χ4n) is 1.75. The standard InChI is InChI=1S/C13H17ClFNO4S/c1-8(2)6-11(13(17)20-3)16-21(18,19)12-5-4-9(14)7-10(12)15/h4-5,7-8,11,16H,6H2,1-3H3. The Morgan fingerprint density at radius 2 is 2.05 bits per heavy atom. The van der Waals surface area contributed by atoms with Gasteiger partial charge in [-0.25, -0.2) is 12.8 Å². The molecule has 21 heavy (non-hydrogen) atoms. The molecule has 0 heterocycles. The first-order valence-corrected chi connectivity index (χ1v) is 8.08. The maximum atomic E-state index is 13.7. The summed E-state index contributed by atoms with van der Waals surface area (Å²) in [5, 5.41) is 0.0816. The molecular formula is C13H17ClFNO4S. The van der Waals surface area contributed by atoms with E-state index >= 15 is 0 Å². The van der Waals surface area contributed by atoms with Gasteiger partial charge in [-0.05, 0) is 30.5 Å². The van der Waals surface area contributed by atoms with Crippen molar-refractivity contribution >= 4 is 27.6 Å². The van der Waals surface area contributed by atoms with Crippen molar-refractivity contribution in [2.24, 2.45) is 5.92 Å². The van der Waals surface area contributed by atoms with E-state index in [0.717, 1.165) is 19.2 Å². The zero-order valence-corrected chi connectivity index (χ0v) is 13.5. The lowest BCUT2D eigenvalue weighted by Crippen LogP contribution is -2.42. The minimum atomic E-state index is -4.19. The van der Waals surface area contributed by atoms with E-state index in [1.165, 1.54) is 6.07 Å². The monoisotopic (exact) mass is 337 g/mol. The van der Waals surface area contributed by atoms with Crippen LogP contribution in [0.25, 0.3) is 0 Å². The average molecular weight is 338 g/mol. The summed E-state index contributed by atoms with van der Waals surface area (Å²) in [6, 6.07) is 2.12. The molecule has 0 aliphatic heterocycles. The molecule has 0 aliphatic rings. The number of halogens is 2. The van der Waals surface area contributed by atoms with Gasteiger partial charge < -0.3 is 4.74 Å². The van der Waals surface area contributed by atoms with Crippen LogP contribution in [0.15, 0.2) is 23.1 Å². The van der Waals surface area contributed by atoms with Gasteiger partial charge in [0.15, 0.2) is 0 Å². The van der Waals surface area contributed by atoms with Crippen molar-refractivity contribution in [2.75, 3.05) is 7.11 Å². The van der Waals surface area contributed by atoms with Crippen LogP contribution in [0, 0.1) is 11.7 Å². The van der Waals surface area contributed by atoms with Crippen molar-refractivity contribution in [1.82, 2.24) is 4.72 Å². The van der Waals surface area contributed by atoms with Crippen LogP contribution in [0.5, 0.6) is 0 Å². The van der Waals surface area contributed by atoms with Crippen LogP contribution < -0.4 is 4.72 Å². The van der Waals surface area contributed by atoms with Crippen molar-refractivity contribution in [2.45, 2.75) is 31.2 Å². The molecule has 0 aromatic heterocycles. The van der Waals surface area contributed by atoms with E-state index in [1.54, 1.807) is 0 Å². The van der Waals surface area contributed by atoms with E-state index in [0.29, 0.717) is 0 Å². The minimum absolute atomic E-state index is 0.0480. The second-order valence-electron chi connectivity index (χ2n) is 4.90. The summed E-state index contributed by atoms with van der Waals surface area (Å²) in [6.07, 6.45) is 0.237. The molecule has 1 N–H and O–H groups in total. The second-order valence-corrected chi connectivity index (χ2v) is 7.02. The molecule has 8 heteroatoms. The maximum Gasteiger partial charge on any atom is 0.323 e. The molecule has 0 saturated carbocycles. The van der Waals surface area contributed by atoms with Gasteiger partial charge in [0.1, 0.15) is 16.8 Å². The lowest BCUT2D eigenvalue weighted by molar-refractivity contribution is -0.143. The van der Waals surface area contributed by atoms with Gasteiger partial charge in [-0.3, -0.25) is 4.79 Å². The lowest BCUT2D eigenvalue weighted by Gasteiger charge is -2.18. The summed E-state index contributed by atoms with van der Waals surface area (Å²) in [5.74, 6) is -1.66. The van der Waals surface area contributed by atoms with Crippen LogP contribution in [0.3, 0.4) is 0 Å². The van der Waals surface area contributed by atoms with Gasteiger partial charge in [0, 0.05) is 5.02 Å². The first kappa shape index (κ1) is 17.9. The zero-order valence-electron chi connectivity index (χ0n) is 11.9. The first-order valence-electron chi connectivity index (χ1n) is 6.22. The third kappa shape index (κ3) is 4.94. The Morgan fingerprint density at radius 1 is 1.43 bits per heavy atom. The van der Waals surface area contributed by atoms with E-state index in [9.17, 15) is 17.6 Å². The summed E-state index contributed by atoms with van der Waals surface area (Å²) < 4.78 is 44.8. The quantitative estimate of drug-likeness (QED) is 0.809. The van der Waals surface area contributed by atoms with Crippen LogP contribution in [-0.4, -0.2) is 27.5 Å². The Morgan fingerprint density at radius 3 is 2.52 bits per heavy atom. The highest BCUT2D eigenvalue weighted by molar-refractivity contribution is 7.89. The van der Waals surface area contributed by atoms with Gasteiger partial charge in [0.25, 0.3) is 0 Å². The minimum Gasteiger partial charge on any atom is -0.468 e. The van der Waals surface area contributed by atoms with Crippen LogP contribution in [0.4, 0.5) is 4.39 Å². The highest BCUT2D eigenvalue weighted by Gasteiger charge is 2.28. The molecule has 1 rings (SSSR count). The third-order valence-electron chi connectivity index (χ3n) is 2.67. The molecule has 0 aliphatic carbocycles. The number of methoxy groups -OCH3 is 1. The summed E-state index contributed by atoms with van der Waals surface area (Å²) in [6.45, 7) is 3.65. The molecule has 118 valence electrons. The largest absolute Gasteiger partial charge is 0.468 e. The highest BCUT2D eigenvalue weighted by atomic mass is 35.5. The Kier molecular flexibility index (Phi) is 6.12. The molecular weight excluding hydrogens is 321 g/mol. The van der Waals surface area contributed by atoms with Crippen molar-refractivity contribution in [3.8, 4) is 0 Å². The smallest absolute Gasteiger partial charge is 0.323 e. The van der Waals surface area contributed by atoms with Gasteiger partial charge in [-0.2, -0.15) is 4.72 Å². The Hall–Kier alpha value is -1.18.